The van der Waals surface area contributed by atoms with Crippen molar-refractivity contribution >= 4 is 23.6 Å². The molecule has 0 radical (unpaired) electrons. The van der Waals surface area contributed by atoms with Gasteiger partial charge >= 0.3 is 0 Å². The van der Waals surface area contributed by atoms with Gasteiger partial charge in [0, 0.05) is 0 Å². The summed E-state index contributed by atoms with van der Waals surface area (Å²) in [5.41, 5.74) is 3.18. The molecular weight excluding hydrogens is 444 g/mol. The number of hydrazine groups is 1. The fraction of sp³-hybridized carbons (Fsp3) is 0.286. The first-order valence-corrected chi connectivity index (χ1v) is 12.7. The third kappa shape index (κ3) is 4.01. The van der Waals surface area contributed by atoms with Gasteiger partial charge in [-0.2, -0.15) is 0 Å². The third-order valence-electron chi connectivity index (χ3n) is 7.08. The highest BCUT2D eigenvalue weighted by Gasteiger charge is 2.51. The molecule has 1 aliphatic heterocycles. The SMILES string of the molecule is O=C1CSC2(CCC(c3ccccc3)CC2)N1NC(=O)C(O)(c1ccccc1)c1ccccc1. The Bertz CT molecular complexity index is 1110. The van der Waals surface area contributed by atoms with E-state index >= 15 is 0 Å². The van der Waals surface area contributed by atoms with Crippen LogP contribution in [0.15, 0.2) is 91.0 Å². The second kappa shape index (κ2) is 9.28. The van der Waals surface area contributed by atoms with E-state index in [-0.39, 0.29) is 5.91 Å². The van der Waals surface area contributed by atoms with Gasteiger partial charge in [0.2, 0.25) is 0 Å². The lowest BCUT2D eigenvalue weighted by Crippen LogP contribution is -2.59. The maximum absolute atomic E-state index is 13.7. The molecule has 3 aromatic rings. The molecule has 5 nitrogen and oxygen atoms in total. The van der Waals surface area contributed by atoms with Crippen LogP contribution >= 0.6 is 11.8 Å². The molecule has 3 aromatic carbocycles. The number of rotatable bonds is 5. The van der Waals surface area contributed by atoms with Gasteiger partial charge < -0.3 is 5.11 Å². The first-order chi connectivity index (χ1) is 16.5. The van der Waals surface area contributed by atoms with Crippen LogP contribution in [-0.2, 0) is 15.2 Å². The Kier molecular flexibility index (Phi) is 6.19. The lowest BCUT2D eigenvalue weighted by atomic mass is 9.81. The topological polar surface area (TPSA) is 69.6 Å². The summed E-state index contributed by atoms with van der Waals surface area (Å²) >= 11 is 1.60. The molecule has 1 aliphatic carbocycles. The van der Waals surface area contributed by atoms with E-state index in [4.69, 9.17) is 0 Å². The van der Waals surface area contributed by atoms with Crippen LogP contribution in [0.5, 0.6) is 0 Å². The minimum Gasteiger partial charge on any atom is -0.372 e. The molecule has 1 spiro atoms. The molecule has 2 amide bonds. The Labute approximate surface area is 204 Å². The lowest BCUT2D eigenvalue weighted by Gasteiger charge is -2.43. The predicted octanol–water partition coefficient (Wildman–Crippen LogP) is 4.58. The van der Waals surface area contributed by atoms with Crippen LogP contribution in [-0.4, -0.2) is 32.6 Å². The number of nitrogens with one attached hydrogen (secondary N) is 1. The molecule has 5 rings (SSSR count). The Morgan fingerprint density at radius 3 is 1.91 bits per heavy atom. The van der Waals surface area contributed by atoms with Crippen molar-refractivity contribution in [2.75, 3.05) is 5.75 Å². The smallest absolute Gasteiger partial charge is 0.279 e. The van der Waals surface area contributed by atoms with Crippen molar-refractivity contribution < 1.29 is 14.7 Å². The summed E-state index contributed by atoms with van der Waals surface area (Å²) in [5.74, 6) is 0.0299. The van der Waals surface area contributed by atoms with Crippen LogP contribution in [0.3, 0.4) is 0 Å². The number of carbonyl (C=O) groups excluding carboxylic acids is 2. The highest BCUT2D eigenvalue weighted by Crippen LogP contribution is 2.50. The Morgan fingerprint density at radius 1 is 0.882 bits per heavy atom. The van der Waals surface area contributed by atoms with E-state index in [2.05, 4.69) is 29.7 Å². The first kappa shape index (κ1) is 22.7. The number of hydrogen-bond donors (Lipinski definition) is 2. The van der Waals surface area contributed by atoms with Crippen molar-refractivity contribution in [3.8, 4) is 0 Å². The van der Waals surface area contributed by atoms with E-state index < -0.39 is 16.4 Å². The molecule has 2 fully saturated rings. The third-order valence-corrected chi connectivity index (χ3v) is 8.60. The van der Waals surface area contributed by atoms with Crippen molar-refractivity contribution in [2.45, 2.75) is 42.1 Å². The molecule has 1 saturated heterocycles. The average molecular weight is 473 g/mol. The molecule has 34 heavy (non-hydrogen) atoms. The molecule has 0 bridgehead atoms. The van der Waals surface area contributed by atoms with Gasteiger partial charge in [0.25, 0.3) is 11.8 Å². The Morgan fingerprint density at radius 2 is 1.38 bits per heavy atom. The molecule has 0 unspecified atom stereocenters. The van der Waals surface area contributed by atoms with Crippen molar-refractivity contribution in [2.24, 2.45) is 0 Å². The number of hydrogen-bond acceptors (Lipinski definition) is 4. The van der Waals surface area contributed by atoms with Gasteiger partial charge in [-0.15, -0.1) is 11.8 Å². The van der Waals surface area contributed by atoms with Gasteiger partial charge in [-0.3, -0.25) is 15.0 Å². The van der Waals surface area contributed by atoms with Gasteiger partial charge in [-0.1, -0.05) is 91.0 Å². The van der Waals surface area contributed by atoms with Gasteiger partial charge in [0.15, 0.2) is 5.60 Å². The van der Waals surface area contributed by atoms with E-state index in [1.54, 1.807) is 60.3 Å². The van der Waals surface area contributed by atoms with E-state index in [9.17, 15) is 14.7 Å². The first-order valence-electron chi connectivity index (χ1n) is 11.7. The summed E-state index contributed by atoms with van der Waals surface area (Å²) in [6, 6.07) is 28.2. The van der Waals surface area contributed by atoms with Gasteiger partial charge in [-0.05, 0) is 48.3 Å². The van der Waals surface area contributed by atoms with E-state index in [1.165, 1.54) is 10.6 Å². The molecule has 0 aromatic heterocycles. The molecule has 174 valence electrons. The fourth-order valence-corrected chi connectivity index (χ4v) is 6.50. The molecule has 1 saturated carbocycles. The zero-order valence-electron chi connectivity index (χ0n) is 18.9. The summed E-state index contributed by atoms with van der Waals surface area (Å²) in [4.78, 5) is 26.2. The molecule has 2 N–H and O–H groups in total. The number of nitrogens with zero attached hydrogens (tertiary/aromatic N) is 1. The second-order valence-corrected chi connectivity index (χ2v) is 10.4. The fourth-order valence-electron chi connectivity index (χ4n) is 5.18. The van der Waals surface area contributed by atoms with Crippen molar-refractivity contribution in [1.82, 2.24) is 10.4 Å². The summed E-state index contributed by atoms with van der Waals surface area (Å²) in [7, 11) is 0. The normalized spacial score (nSPS) is 22.7. The van der Waals surface area contributed by atoms with Crippen LogP contribution in [0.2, 0.25) is 0 Å². The largest absolute Gasteiger partial charge is 0.372 e. The predicted molar refractivity (Wildman–Crippen MR) is 134 cm³/mol. The number of benzene rings is 3. The summed E-state index contributed by atoms with van der Waals surface area (Å²) in [6.45, 7) is 0. The maximum Gasteiger partial charge on any atom is 0.279 e. The van der Waals surface area contributed by atoms with Crippen LogP contribution in [0.1, 0.15) is 48.3 Å². The lowest BCUT2D eigenvalue weighted by molar-refractivity contribution is -0.152. The number of aliphatic hydroxyl groups is 1. The van der Waals surface area contributed by atoms with Crippen molar-refractivity contribution in [3.63, 3.8) is 0 Å². The minimum atomic E-state index is -1.92. The van der Waals surface area contributed by atoms with Gasteiger partial charge in [-0.25, -0.2) is 5.01 Å². The Balaban J connectivity index is 1.40. The van der Waals surface area contributed by atoms with Crippen LogP contribution in [0.25, 0.3) is 0 Å². The molecule has 2 aliphatic rings. The summed E-state index contributed by atoms with van der Waals surface area (Å²) < 4.78 is 0. The maximum atomic E-state index is 13.7. The molecule has 6 heteroatoms. The molecule has 1 heterocycles. The second-order valence-electron chi connectivity index (χ2n) is 9.03. The zero-order chi connectivity index (χ0) is 23.6. The molecular formula is C28H28N2O3S. The average Bonchev–Trinajstić information content (AvgIpc) is 3.20. The van der Waals surface area contributed by atoms with Gasteiger partial charge in [0.1, 0.15) is 4.87 Å². The van der Waals surface area contributed by atoms with E-state index in [1.807, 2.05) is 18.2 Å². The van der Waals surface area contributed by atoms with Gasteiger partial charge in [0.05, 0.1) is 5.75 Å². The number of amides is 2. The Hall–Kier alpha value is -3.09. The summed E-state index contributed by atoms with van der Waals surface area (Å²) in [6.07, 6.45) is 3.47. The van der Waals surface area contributed by atoms with E-state index in [0.29, 0.717) is 22.8 Å². The van der Waals surface area contributed by atoms with Crippen molar-refractivity contribution in [1.29, 1.82) is 0 Å². The number of carbonyl (C=O) groups is 2. The quantitative estimate of drug-likeness (QED) is 0.570. The van der Waals surface area contributed by atoms with Crippen molar-refractivity contribution in [3.05, 3.63) is 108 Å². The highest BCUT2D eigenvalue weighted by atomic mass is 32.2. The minimum absolute atomic E-state index is 0.125. The highest BCUT2D eigenvalue weighted by molar-refractivity contribution is 8.01. The van der Waals surface area contributed by atoms with E-state index in [0.717, 1.165) is 25.7 Å². The zero-order valence-corrected chi connectivity index (χ0v) is 19.7. The standard InChI is InChI=1S/C28H28N2O3S/c31-25-20-34-27(18-16-22(17-19-27)21-10-4-1-5-11-21)30(25)29-26(32)28(33,23-12-6-2-7-13-23)24-14-8-3-9-15-24/h1-15,22,33H,16-20H2,(H,29,32). The van der Waals surface area contributed by atoms with Crippen LogP contribution < -0.4 is 5.43 Å². The monoisotopic (exact) mass is 472 g/mol. The summed E-state index contributed by atoms with van der Waals surface area (Å²) in [5, 5.41) is 13.3. The van der Waals surface area contributed by atoms with Crippen LogP contribution in [0.4, 0.5) is 0 Å². The number of thioether (sulfide) groups is 1. The molecule has 0 atom stereocenters. The van der Waals surface area contributed by atoms with Crippen LogP contribution in [0, 0.1) is 0 Å².